The van der Waals surface area contributed by atoms with E-state index in [4.69, 9.17) is 0 Å². The van der Waals surface area contributed by atoms with Crippen molar-refractivity contribution in [1.82, 2.24) is 0 Å². The molecule has 1 N–H and O–H groups in total. The first-order chi connectivity index (χ1) is 9.93. The Morgan fingerprint density at radius 3 is 1.64 bits per heavy atom. The molecule has 0 fully saturated rings. The van der Waals surface area contributed by atoms with Gasteiger partial charge in [0, 0.05) is 0 Å². The predicted octanol–water partition coefficient (Wildman–Crippen LogP) is 0.986. The summed E-state index contributed by atoms with van der Waals surface area (Å²) in [5.74, 6) is 0. The Labute approximate surface area is 159 Å². The Hall–Kier alpha value is 0.870. The van der Waals surface area contributed by atoms with Crippen LogP contribution in [0.2, 0.25) is 0 Å². The molecule has 2 unspecified atom stereocenters. The van der Waals surface area contributed by atoms with Crippen molar-refractivity contribution < 1.29 is 47.6 Å². The van der Waals surface area contributed by atoms with Gasteiger partial charge >= 0.3 is 29.6 Å². The van der Waals surface area contributed by atoms with Crippen LogP contribution in [-0.4, -0.2) is 29.4 Å². The van der Waals surface area contributed by atoms with E-state index in [1.165, 1.54) is 44.9 Å². The normalized spacial score (nSPS) is 14.4. The van der Waals surface area contributed by atoms with E-state index in [1.807, 2.05) is 0 Å². The van der Waals surface area contributed by atoms with Crippen LogP contribution in [0.5, 0.6) is 0 Å². The van der Waals surface area contributed by atoms with E-state index in [0.717, 1.165) is 19.3 Å². The summed E-state index contributed by atoms with van der Waals surface area (Å²) < 4.78 is 32.9. The summed E-state index contributed by atoms with van der Waals surface area (Å²) in [4.78, 5) is 0. The molecule has 0 spiro atoms. The van der Waals surface area contributed by atoms with Gasteiger partial charge in [-0.2, -0.15) is 0 Å². The predicted molar refractivity (Wildman–Crippen MR) is 86.2 cm³/mol. The third-order valence-electron chi connectivity index (χ3n) is 4.06. The van der Waals surface area contributed by atoms with E-state index in [9.17, 15) is 18.1 Å². The molecule has 0 aliphatic rings. The third-order valence-corrected chi connectivity index (χ3v) is 5.44. The third kappa shape index (κ3) is 13.3. The molecular formula is C16H33NaO4S. The summed E-state index contributed by atoms with van der Waals surface area (Å²) in [7, 11) is -4.38. The second-order valence-corrected chi connectivity index (χ2v) is 7.57. The van der Waals surface area contributed by atoms with Crippen LogP contribution >= 0.6 is 0 Å². The molecule has 0 aliphatic heterocycles. The van der Waals surface area contributed by atoms with Crippen molar-refractivity contribution in [3.8, 4) is 0 Å². The van der Waals surface area contributed by atoms with E-state index in [0.29, 0.717) is 6.42 Å². The van der Waals surface area contributed by atoms with Crippen molar-refractivity contribution in [3.05, 3.63) is 0 Å². The molecule has 22 heavy (non-hydrogen) atoms. The zero-order valence-electron chi connectivity index (χ0n) is 14.7. The van der Waals surface area contributed by atoms with Crippen molar-refractivity contribution in [2.24, 2.45) is 0 Å². The van der Waals surface area contributed by atoms with Crippen LogP contribution in [0.3, 0.4) is 0 Å². The summed E-state index contributed by atoms with van der Waals surface area (Å²) in [6, 6.07) is 0. The van der Waals surface area contributed by atoms with E-state index >= 15 is 0 Å². The maximum atomic E-state index is 11.0. The largest absolute Gasteiger partial charge is 1.00 e. The van der Waals surface area contributed by atoms with Gasteiger partial charge in [0.15, 0.2) is 0 Å². The molecule has 0 saturated carbocycles. The Kier molecular flexibility index (Phi) is 17.6. The van der Waals surface area contributed by atoms with Crippen LogP contribution in [0.4, 0.5) is 0 Å². The maximum Gasteiger partial charge on any atom is 1.00 e. The van der Waals surface area contributed by atoms with Gasteiger partial charge in [0.05, 0.1) is 11.4 Å². The molecule has 0 aliphatic carbocycles. The topological polar surface area (TPSA) is 77.4 Å². The van der Waals surface area contributed by atoms with E-state index in [1.54, 1.807) is 6.92 Å². The van der Waals surface area contributed by atoms with Crippen LogP contribution in [0.1, 0.15) is 90.9 Å². The van der Waals surface area contributed by atoms with E-state index in [-0.39, 0.29) is 36.0 Å². The van der Waals surface area contributed by atoms with Crippen LogP contribution in [0.25, 0.3) is 0 Å². The molecule has 0 rings (SSSR count). The minimum Gasteiger partial charge on any atom is -0.748 e. The zero-order valence-corrected chi connectivity index (χ0v) is 17.5. The molecule has 0 aromatic rings. The van der Waals surface area contributed by atoms with Crippen LogP contribution in [-0.2, 0) is 10.1 Å². The monoisotopic (exact) mass is 344 g/mol. The number of aliphatic hydroxyl groups is 1. The molecule has 4 nitrogen and oxygen atoms in total. The van der Waals surface area contributed by atoms with Gasteiger partial charge < -0.3 is 9.66 Å². The fourth-order valence-electron chi connectivity index (χ4n) is 2.70. The molecule has 6 heteroatoms. The van der Waals surface area contributed by atoms with Crippen molar-refractivity contribution in [2.75, 3.05) is 0 Å². The smallest absolute Gasteiger partial charge is 0.748 e. The summed E-state index contributed by atoms with van der Waals surface area (Å²) in [6.07, 6.45) is 11.6. The van der Waals surface area contributed by atoms with Gasteiger partial charge in [-0.1, -0.05) is 78.1 Å². The van der Waals surface area contributed by atoms with Gasteiger partial charge in [0.2, 0.25) is 0 Å². The van der Waals surface area contributed by atoms with Gasteiger partial charge in [0.25, 0.3) is 0 Å². The Balaban J connectivity index is 0. The molecule has 128 valence electrons. The van der Waals surface area contributed by atoms with Crippen molar-refractivity contribution >= 4 is 10.1 Å². The van der Waals surface area contributed by atoms with Crippen molar-refractivity contribution in [2.45, 2.75) is 102 Å². The van der Waals surface area contributed by atoms with E-state index in [2.05, 4.69) is 6.92 Å². The average molecular weight is 344 g/mol. The summed E-state index contributed by atoms with van der Waals surface area (Å²) in [5.41, 5.74) is 0. The van der Waals surface area contributed by atoms with Crippen LogP contribution in [0, 0.1) is 0 Å². The standard InChI is InChI=1S/C16H34O4S.Na/c1-3-5-6-7-8-9-10-11-12-13-14-15(17)16(4-2)21(18,19)20;/h15-17H,3-14H2,1-2H3,(H,18,19,20);/q;+1/p-1. The zero-order chi connectivity index (χ0) is 16.1. The van der Waals surface area contributed by atoms with Gasteiger partial charge in [-0.15, -0.1) is 0 Å². The summed E-state index contributed by atoms with van der Waals surface area (Å²) in [6.45, 7) is 3.84. The number of hydrogen-bond acceptors (Lipinski definition) is 4. The molecule has 0 radical (unpaired) electrons. The number of rotatable bonds is 14. The SMILES string of the molecule is CCCCCCCCCCCCC(O)C(CC)S(=O)(=O)[O-].[Na+]. The van der Waals surface area contributed by atoms with Gasteiger partial charge in [-0.25, -0.2) is 8.42 Å². The Morgan fingerprint density at radius 1 is 0.864 bits per heavy atom. The molecule has 0 aromatic carbocycles. The quantitative estimate of drug-likeness (QED) is 0.290. The van der Waals surface area contributed by atoms with Crippen molar-refractivity contribution in [1.29, 1.82) is 0 Å². The van der Waals surface area contributed by atoms with Crippen LogP contribution < -0.4 is 29.6 Å². The Bertz CT molecular complexity index is 333. The molecule has 0 heterocycles. The average Bonchev–Trinajstić information content (AvgIpc) is 2.40. The molecular weight excluding hydrogens is 311 g/mol. The first kappa shape index (κ1) is 25.1. The number of hydrogen-bond donors (Lipinski definition) is 1. The molecule has 0 amide bonds. The Morgan fingerprint density at radius 2 is 1.27 bits per heavy atom. The number of aliphatic hydroxyl groups excluding tert-OH is 1. The summed E-state index contributed by atoms with van der Waals surface area (Å²) in [5, 5.41) is 8.65. The fraction of sp³-hybridized carbons (Fsp3) is 1.00. The van der Waals surface area contributed by atoms with Crippen molar-refractivity contribution in [3.63, 3.8) is 0 Å². The second-order valence-electron chi connectivity index (χ2n) is 5.98. The molecule has 0 aromatic heterocycles. The molecule has 0 bridgehead atoms. The van der Waals surface area contributed by atoms with Gasteiger partial charge in [0.1, 0.15) is 10.1 Å². The fourth-order valence-corrected chi connectivity index (χ4v) is 3.62. The number of unbranched alkanes of at least 4 members (excludes halogenated alkanes) is 9. The minimum absolute atomic E-state index is 0. The first-order valence-electron chi connectivity index (χ1n) is 8.56. The van der Waals surface area contributed by atoms with Gasteiger partial charge in [-0.3, -0.25) is 0 Å². The van der Waals surface area contributed by atoms with Gasteiger partial charge in [-0.05, 0) is 12.8 Å². The second kappa shape index (κ2) is 15.4. The minimum atomic E-state index is -4.38. The summed E-state index contributed by atoms with van der Waals surface area (Å²) >= 11 is 0. The first-order valence-corrected chi connectivity index (χ1v) is 10.0. The van der Waals surface area contributed by atoms with E-state index < -0.39 is 21.5 Å². The maximum absolute atomic E-state index is 11.0. The molecule has 2 atom stereocenters. The van der Waals surface area contributed by atoms with Crippen LogP contribution in [0.15, 0.2) is 0 Å². The molecule has 0 saturated heterocycles.